The number of nitro benzene ring substituents is 1. The first-order chi connectivity index (χ1) is 21.3. The van der Waals surface area contributed by atoms with E-state index in [9.17, 15) is 28.1 Å². The van der Waals surface area contributed by atoms with Crippen LogP contribution in [0.3, 0.4) is 0 Å². The number of halogens is 2. The molecule has 0 spiro atoms. The first-order valence-corrected chi connectivity index (χ1v) is 17.2. The lowest BCUT2D eigenvalue weighted by atomic mass is 9.94. The highest BCUT2D eigenvalue weighted by Crippen LogP contribution is 2.29. The highest BCUT2D eigenvalue weighted by molar-refractivity contribution is 7.92. The molecule has 2 amide bonds. The number of aryl methyl sites for hydroxylation is 1. The van der Waals surface area contributed by atoms with Crippen molar-refractivity contribution in [2.24, 2.45) is 0 Å². The van der Waals surface area contributed by atoms with Gasteiger partial charge in [-0.3, -0.25) is 24.0 Å². The Morgan fingerprint density at radius 2 is 1.71 bits per heavy atom. The quantitative estimate of drug-likeness (QED) is 0.183. The molecule has 3 aromatic carbocycles. The Morgan fingerprint density at radius 3 is 2.33 bits per heavy atom. The van der Waals surface area contributed by atoms with Gasteiger partial charge in [0.15, 0.2) is 0 Å². The number of nitrogens with zero attached hydrogens (tertiary/aromatic N) is 3. The van der Waals surface area contributed by atoms with E-state index in [0.29, 0.717) is 16.1 Å². The van der Waals surface area contributed by atoms with E-state index in [1.54, 1.807) is 19.1 Å². The number of nitro groups is 1. The fourth-order valence-electron chi connectivity index (χ4n) is 5.51. The van der Waals surface area contributed by atoms with E-state index in [0.717, 1.165) is 54.3 Å². The van der Waals surface area contributed by atoms with Gasteiger partial charge in [-0.2, -0.15) is 0 Å². The maximum Gasteiger partial charge on any atom is 0.271 e. The molecule has 45 heavy (non-hydrogen) atoms. The van der Waals surface area contributed by atoms with Gasteiger partial charge >= 0.3 is 0 Å². The predicted octanol–water partition coefficient (Wildman–Crippen LogP) is 6.07. The summed E-state index contributed by atoms with van der Waals surface area (Å²) in [5.41, 5.74) is 1.40. The Kier molecular flexibility index (Phi) is 11.5. The van der Waals surface area contributed by atoms with Crippen LogP contribution in [0.5, 0.6) is 0 Å². The average molecular weight is 676 g/mol. The van der Waals surface area contributed by atoms with Crippen molar-refractivity contribution < 1.29 is 22.9 Å². The van der Waals surface area contributed by atoms with Gasteiger partial charge in [-0.1, -0.05) is 84.9 Å². The van der Waals surface area contributed by atoms with Crippen molar-refractivity contribution in [3.05, 3.63) is 104 Å². The summed E-state index contributed by atoms with van der Waals surface area (Å²) in [4.78, 5) is 40.6. The normalized spacial score (nSPS) is 14.4. The first-order valence-electron chi connectivity index (χ1n) is 14.6. The number of carbonyl (C=O) groups excluding carboxylic acids is 2. The molecule has 1 N–H and O–H groups in total. The van der Waals surface area contributed by atoms with E-state index in [4.69, 9.17) is 23.2 Å². The fourth-order valence-corrected chi connectivity index (χ4v) is 6.87. The van der Waals surface area contributed by atoms with E-state index in [1.165, 1.54) is 23.1 Å². The number of amides is 2. The lowest BCUT2D eigenvalue weighted by molar-refractivity contribution is -0.384. The number of hydrogen-bond donors (Lipinski definition) is 1. The standard InChI is InChI=1S/C32H36Cl2N4O6S/c1-22-13-16-27(38(41)42)19-29(22)37(45(2,43)44)21-31(39)36(20-24-14-15-25(33)18-28(24)34)30(17-23-9-5-3-6-10-23)32(40)35-26-11-7-4-8-12-26/h3,5-6,9-10,13-16,18-19,26,30H,4,7-8,11-12,17,20-21H2,1-2H3,(H,35,40)/t30-/m1/s1. The van der Waals surface area contributed by atoms with Gasteiger partial charge in [0.25, 0.3) is 5.69 Å². The molecule has 0 unspecified atom stereocenters. The number of benzene rings is 3. The van der Waals surface area contributed by atoms with Crippen LogP contribution in [0.2, 0.25) is 10.0 Å². The summed E-state index contributed by atoms with van der Waals surface area (Å²) in [7, 11) is -4.11. The Balaban J connectivity index is 1.78. The van der Waals surface area contributed by atoms with Crippen molar-refractivity contribution in [3.8, 4) is 0 Å². The summed E-state index contributed by atoms with van der Waals surface area (Å²) < 4.78 is 27.0. The van der Waals surface area contributed by atoms with E-state index in [1.807, 2.05) is 30.3 Å². The molecule has 0 aromatic heterocycles. The monoisotopic (exact) mass is 674 g/mol. The molecule has 3 aromatic rings. The second-order valence-electron chi connectivity index (χ2n) is 11.3. The summed E-state index contributed by atoms with van der Waals surface area (Å²) in [5, 5.41) is 15.3. The van der Waals surface area contributed by atoms with Crippen molar-refractivity contribution in [2.45, 2.75) is 64.1 Å². The topological polar surface area (TPSA) is 130 Å². The molecule has 13 heteroatoms. The third-order valence-electron chi connectivity index (χ3n) is 7.93. The van der Waals surface area contributed by atoms with Crippen molar-refractivity contribution in [1.82, 2.24) is 10.2 Å². The molecule has 1 aliphatic rings. The predicted molar refractivity (Wildman–Crippen MR) is 176 cm³/mol. The first kappa shape index (κ1) is 34.2. The number of carbonyl (C=O) groups is 2. The van der Waals surface area contributed by atoms with Crippen LogP contribution >= 0.6 is 23.2 Å². The minimum atomic E-state index is -4.11. The Morgan fingerprint density at radius 1 is 1.02 bits per heavy atom. The number of rotatable bonds is 12. The van der Waals surface area contributed by atoms with Crippen LogP contribution in [0.25, 0.3) is 0 Å². The van der Waals surface area contributed by atoms with E-state index in [-0.39, 0.29) is 41.3 Å². The van der Waals surface area contributed by atoms with Crippen molar-refractivity contribution in [1.29, 1.82) is 0 Å². The molecule has 0 radical (unpaired) electrons. The molecule has 1 saturated carbocycles. The van der Waals surface area contributed by atoms with E-state index >= 15 is 0 Å². The molecule has 1 atom stereocenters. The van der Waals surface area contributed by atoms with Gasteiger partial charge in [-0.25, -0.2) is 8.42 Å². The molecule has 0 heterocycles. The summed E-state index contributed by atoms with van der Waals surface area (Å²) in [6, 6.07) is 16.8. The summed E-state index contributed by atoms with van der Waals surface area (Å²) in [5.74, 6) is -1.04. The molecule has 10 nitrogen and oxygen atoms in total. The molecule has 0 saturated heterocycles. The number of hydrogen-bond acceptors (Lipinski definition) is 6. The van der Waals surface area contributed by atoms with Gasteiger partial charge < -0.3 is 10.2 Å². The maximum atomic E-state index is 14.4. The van der Waals surface area contributed by atoms with Gasteiger partial charge in [-0.05, 0) is 48.6 Å². The third kappa shape index (κ3) is 9.18. The molecule has 240 valence electrons. The number of sulfonamides is 1. The second kappa shape index (κ2) is 15.1. The molecular weight excluding hydrogens is 639 g/mol. The van der Waals surface area contributed by atoms with Gasteiger partial charge in [0.05, 0.1) is 16.9 Å². The lowest BCUT2D eigenvalue weighted by Gasteiger charge is -2.35. The van der Waals surface area contributed by atoms with Crippen molar-refractivity contribution >= 4 is 56.4 Å². The zero-order valence-electron chi connectivity index (χ0n) is 25.1. The minimum Gasteiger partial charge on any atom is -0.352 e. The van der Waals surface area contributed by atoms with Gasteiger partial charge in [0.1, 0.15) is 12.6 Å². The lowest BCUT2D eigenvalue weighted by Crippen LogP contribution is -2.55. The minimum absolute atomic E-state index is 0.00390. The Bertz CT molecular complexity index is 1650. The van der Waals surface area contributed by atoms with Crippen LogP contribution in [0, 0.1) is 17.0 Å². The van der Waals surface area contributed by atoms with Crippen LogP contribution < -0.4 is 9.62 Å². The molecule has 0 bridgehead atoms. The van der Waals surface area contributed by atoms with Gasteiger partial charge in [0, 0.05) is 41.2 Å². The van der Waals surface area contributed by atoms with Crippen LogP contribution in [0.1, 0.15) is 48.8 Å². The molecule has 0 aliphatic heterocycles. The van der Waals surface area contributed by atoms with Gasteiger partial charge in [-0.15, -0.1) is 0 Å². The van der Waals surface area contributed by atoms with Crippen LogP contribution in [0.4, 0.5) is 11.4 Å². The highest BCUT2D eigenvalue weighted by Gasteiger charge is 2.35. The van der Waals surface area contributed by atoms with Crippen LogP contribution in [-0.4, -0.2) is 54.9 Å². The molecule has 1 aliphatic carbocycles. The zero-order valence-corrected chi connectivity index (χ0v) is 27.4. The number of non-ortho nitro benzene ring substituents is 1. The summed E-state index contributed by atoms with van der Waals surface area (Å²) >= 11 is 12.7. The van der Waals surface area contributed by atoms with E-state index < -0.39 is 33.4 Å². The van der Waals surface area contributed by atoms with E-state index in [2.05, 4.69) is 5.32 Å². The summed E-state index contributed by atoms with van der Waals surface area (Å²) in [6.07, 6.45) is 5.81. The number of anilines is 1. The fraction of sp³-hybridized carbons (Fsp3) is 0.375. The van der Waals surface area contributed by atoms with Gasteiger partial charge in [0.2, 0.25) is 21.8 Å². The Labute approximate surface area is 273 Å². The SMILES string of the molecule is Cc1ccc([N+](=O)[O-])cc1N(CC(=O)N(Cc1ccc(Cl)cc1Cl)[C@H](Cc1ccccc1)C(=O)NC1CCCCC1)S(C)(=O)=O. The summed E-state index contributed by atoms with van der Waals surface area (Å²) in [6.45, 7) is 0.785. The largest absolute Gasteiger partial charge is 0.352 e. The Hall–Kier alpha value is -3.67. The third-order valence-corrected chi connectivity index (χ3v) is 9.64. The second-order valence-corrected chi connectivity index (χ2v) is 14.1. The van der Waals surface area contributed by atoms with Crippen LogP contribution in [-0.2, 0) is 32.6 Å². The molecule has 1 fully saturated rings. The highest BCUT2D eigenvalue weighted by atomic mass is 35.5. The van der Waals surface area contributed by atoms with Crippen LogP contribution in [0.15, 0.2) is 66.7 Å². The number of nitrogens with one attached hydrogen (secondary N) is 1. The maximum absolute atomic E-state index is 14.4. The molecular formula is C32H36Cl2N4O6S. The van der Waals surface area contributed by atoms with Crippen molar-refractivity contribution in [3.63, 3.8) is 0 Å². The zero-order chi connectivity index (χ0) is 32.7. The van der Waals surface area contributed by atoms with Crippen molar-refractivity contribution in [2.75, 3.05) is 17.1 Å². The average Bonchev–Trinajstić information content (AvgIpc) is 2.99. The molecule has 4 rings (SSSR count). The smallest absolute Gasteiger partial charge is 0.271 e.